The molecule has 0 amide bonds. The van der Waals surface area contributed by atoms with Gasteiger partial charge in [0.15, 0.2) is 11.6 Å². The fraction of sp³-hybridized carbons (Fsp3) is 0.176. The molecule has 0 atom stereocenters. The fourth-order valence-corrected chi connectivity index (χ4v) is 2.07. The number of Topliss-reactive ketones (excluding diaryl/α,β-unsaturated/α-hetero) is 2. The van der Waals surface area contributed by atoms with Crippen LogP contribution in [0.3, 0.4) is 0 Å². The lowest BCUT2D eigenvalue weighted by atomic mass is 9.97. The molecule has 0 aliphatic rings. The number of phenols is 1. The van der Waals surface area contributed by atoms with Crippen molar-refractivity contribution in [1.29, 1.82) is 0 Å². The molecule has 2 aromatic carbocycles. The highest BCUT2D eigenvalue weighted by molar-refractivity contribution is 6.01. The van der Waals surface area contributed by atoms with Crippen molar-refractivity contribution in [2.24, 2.45) is 0 Å². The number of carbonyl (C=O) groups is 2. The van der Waals surface area contributed by atoms with E-state index in [1.54, 1.807) is 42.5 Å². The molecular weight excluding hydrogens is 252 g/mol. The van der Waals surface area contributed by atoms with Crippen LogP contribution in [0.4, 0.5) is 0 Å². The average Bonchev–Trinajstić information content (AvgIpc) is 2.42. The van der Waals surface area contributed by atoms with E-state index in [9.17, 15) is 14.7 Å². The van der Waals surface area contributed by atoms with Gasteiger partial charge in [0.05, 0.1) is 0 Å². The van der Waals surface area contributed by atoms with Gasteiger partial charge in [-0.1, -0.05) is 24.3 Å². The second-order valence-electron chi connectivity index (χ2n) is 4.85. The van der Waals surface area contributed by atoms with Gasteiger partial charge < -0.3 is 5.11 Å². The summed E-state index contributed by atoms with van der Waals surface area (Å²) in [4.78, 5) is 23.6. The Labute approximate surface area is 117 Å². The van der Waals surface area contributed by atoms with Gasteiger partial charge in [-0.05, 0) is 43.2 Å². The van der Waals surface area contributed by atoms with E-state index in [2.05, 4.69) is 0 Å². The summed E-state index contributed by atoms with van der Waals surface area (Å²) in [7, 11) is 0. The van der Waals surface area contributed by atoms with Crippen molar-refractivity contribution >= 4 is 11.6 Å². The quantitative estimate of drug-likeness (QED) is 0.865. The van der Waals surface area contributed by atoms with Crippen molar-refractivity contribution in [1.82, 2.24) is 0 Å². The van der Waals surface area contributed by atoms with E-state index in [0.717, 1.165) is 11.1 Å². The van der Waals surface area contributed by atoms with Crippen molar-refractivity contribution in [2.75, 3.05) is 0 Å². The Balaban J connectivity index is 2.24. The van der Waals surface area contributed by atoms with E-state index in [4.69, 9.17) is 0 Å². The van der Waals surface area contributed by atoms with Crippen LogP contribution in [0.15, 0.2) is 42.5 Å². The summed E-state index contributed by atoms with van der Waals surface area (Å²) in [5, 5.41) is 9.36. The standard InChI is InChI=1S/C17H16O3/c1-11-8-16(19)7-6-13(11)10-17(20)15-5-3-4-14(9-15)12(2)18/h3-9,19H,10H2,1-2H3. The molecule has 102 valence electrons. The third-order valence-corrected chi connectivity index (χ3v) is 3.27. The average molecular weight is 268 g/mol. The summed E-state index contributed by atoms with van der Waals surface area (Å²) in [6.45, 7) is 3.34. The number of benzene rings is 2. The minimum atomic E-state index is -0.0551. The summed E-state index contributed by atoms with van der Waals surface area (Å²) in [5.41, 5.74) is 2.82. The number of carbonyl (C=O) groups excluding carboxylic acids is 2. The van der Waals surface area contributed by atoms with Crippen LogP contribution in [0.5, 0.6) is 5.75 Å². The highest BCUT2D eigenvalue weighted by Gasteiger charge is 2.11. The van der Waals surface area contributed by atoms with Crippen molar-refractivity contribution in [3.8, 4) is 5.75 Å². The second kappa shape index (κ2) is 5.70. The van der Waals surface area contributed by atoms with Gasteiger partial charge in [-0.2, -0.15) is 0 Å². The third kappa shape index (κ3) is 3.12. The van der Waals surface area contributed by atoms with Gasteiger partial charge in [0, 0.05) is 17.5 Å². The molecule has 0 fully saturated rings. The minimum Gasteiger partial charge on any atom is -0.508 e. The lowest BCUT2D eigenvalue weighted by molar-refractivity contribution is 0.0992. The van der Waals surface area contributed by atoms with Crippen LogP contribution < -0.4 is 0 Å². The summed E-state index contributed by atoms with van der Waals surface area (Å²) < 4.78 is 0. The van der Waals surface area contributed by atoms with Crippen molar-refractivity contribution in [3.05, 3.63) is 64.7 Å². The van der Waals surface area contributed by atoms with Crippen LogP contribution in [0, 0.1) is 6.92 Å². The van der Waals surface area contributed by atoms with Crippen LogP contribution in [-0.2, 0) is 6.42 Å². The molecule has 0 aliphatic carbocycles. The maximum Gasteiger partial charge on any atom is 0.167 e. The lowest BCUT2D eigenvalue weighted by Gasteiger charge is -2.06. The maximum atomic E-state index is 12.3. The number of phenolic OH excluding ortho intramolecular Hbond substituents is 1. The Bertz CT molecular complexity index is 672. The monoisotopic (exact) mass is 268 g/mol. The normalized spacial score (nSPS) is 10.3. The summed E-state index contributed by atoms with van der Waals surface area (Å²) >= 11 is 0. The zero-order valence-electron chi connectivity index (χ0n) is 11.5. The zero-order valence-corrected chi connectivity index (χ0v) is 11.5. The largest absolute Gasteiger partial charge is 0.508 e. The highest BCUT2D eigenvalue weighted by atomic mass is 16.3. The number of aromatic hydroxyl groups is 1. The first-order valence-corrected chi connectivity index (χ1v) is 6.40. The molecule has 3 heteroatoms. The van der Waals surface area contributed by atoms with Crippen LogP contribution in [0.2, 0.25) is 0 Å². The Kier molecular flexibility index (Phi) is 3.99. The molecule has 2 rings (SSSR count). The minimum absolute atomic E-state index is 0.0399. The second-order valence-corrected chi connectivity index (χ2v) is 4.85. The predicted octanol–water partition coefficient (Wildman–Crippen LogP) is 3.33. The molecule has 2 aromatic rings. The van der Waals surface area contributed by atoms with Crippen molar-refractivity contribution < 1.29 is 14.7 Å². The van der Waals surface area contributed by atoms with Gasteiger partial charge >= 0.3 is 0 Å². The fourth-order valence-electron chi connectivity index (χ4n) is 2.07. The van der Waals surface area contributed by atoms with Gasteiger partial charge in [0.2, 0.25) is 0 Å². The molecular formula is C17H16O3. The molecule has 1 N–H and O–H groups in total. The summed E-state index contributed by atoms with van der Waals surface area (Å²) in [6.07, 6.45) is 0.257. The number of hydrogen-bond donors (Lipinski definition) is 1. The summed E-state index contributed by atoms with van der Waals surface area (Å²) in [5.74, 6) is 0.0969. The van der Waals surface area contributed by atoms with Crippen LogP contribution in [-0.4, -0.2) is 16.7 Å². The van der Waals surface area contributed by atoms with Crippen molar-refractivity contribution in [2.45, 2.75) is 20.3 Å². The van der Waals surface area contributed by atoms with Gasteiger partial charge in [-0.15, -0.1) is 0 Å². The van der Waals surface area contributed by atoms with E-state index in [1.807, 2.05) is 6.92 Å². The molecule has 0 spiro atoms. The molecule has 0 bridgehead atoms. The van der Waals surface area contributed by atoms with Crippen molar-refractivity contribution in [3.63, 3.8) is 0 Å². The molecule has 0 radical (unpaired) electrons. The van der Waals surface area contributed by atoms with E-state index in [-0.39, 0.29) is 23.7 Å². The SMILES string of the molecule is CC(=O)c1cccc(C(=O)Cc2ccc(O)cc2C)c1. The molecule has 0 saturated heterocycles. The van der Waals surface area contributed by atoms with Gasteiger partial charge in [-0.25, -0.2) is 0 Å². The van der Waals surface area contributed by atoms with Gasteiger partial charge in [0.25, 0.3) is 0 Å². The van der Waals surface area contributed by atoms with E-state index in [1.165, 1.54) is 6.92 Å². The summed E-state index contributed by atoms with van der Waals surface area (Å²) in [6, 6.07) is 11.7. The lowest BCUT2D eigenvalue weighted by Crippen LogP contribution is -2.06. The number of rotatable bonds is 4. The molecule has 20 heavy (non-hydrogen) atoms. The molecule has 0 unspecified atom stereocenters. The number of hydrogen-bond acceptors (Lipinski definition) is 3. The van der Waals surface area contributed by atoms with E-state index in [0.29, 0.717) is 11.1 Å². The van der Waals surface area contributed by atoms with Crippen LogP contribution in [0.1, 0.15) is 38.8 Å². The topological polar surface area (TPSA) is 54.4 Å². The Morgan fingerprint density at radius 3 is 2.40 bits per heavy atom. The number of aryl methyl sites for hydroxylation is 1. The first kappa shape index (κ1) is 14.0. The number of ketones is 2. The third-order valence-electron chi connectivity index (χ3n) is 3.27. The smallest absolute Gasteiger partial charge is 0.167 e. The van der Waals surface area contributed by atoms with Gasteiger partial charge in [0.1, 0.15) is 5.75 Å². The Morgan fingerprint density at radius 1 is 1.05 bits per heavy atom. The Morgan fingerprint density at radius 2 is 1.75 bits per heavy atom. The van der Waals surface area contributed by atoms with Gasteiger partial charge in [-0.3, -0.25) is 9.59 Å². The van der Waals surface area contributed by atoms with E-state index < -0.39 is 0 Å². The first-order chi connectivity index (χ1) is 9.47. The molecule has 3 nitrogen and oxygen atoms in total. The zero-order chi connectivity index (χ0) is 14.7. The molecule has 0 aromatic heterocycles. The molecule has 0 heterocycles. The maximum absolute atomic E-state index is 12.3. The molecule has 0 saturated carbocycles. The van der Waals surface area contributed by atoms with Crippen LogP contribution >= 0.6 is 0 Å². The molecule has 0 aliphatic heterocycles. The Hall–Kier alpha value is -2.42. The first-order valence-electron chi connectivity index (χ1n) is 6.40. The highest BCUT2D eigenvalue weighted by Crippen LogP contribution is 2.18. The van der Waals surface area contributed by atoms with Crippen LogP contribution in [0.25, 0.3) is 0 Å². The predicted molar refractivity (Wildman–Crippen MR) is 77.3 cm³/mol. The van der Waals surface area contributed by atoms with E-state index >= 15 is 0 Å².